The summed E-state index contributed by atoms with van der Waals surface area (Å²) >= 11 is 5.76. The van der Waals surface area contributed by atoms with Crippen molar-refractivity contribution in [3.8, 4) is 0 Å². The van der Waals surface area contributed by atoms with E-state index in [0.29, 0.717) is 16.1 Å². The van der Waals surface area contributed by atoms with Crippen LogP contribution in [0.3, 0.4) is 0 Å². The molecule has 28 heavy (non-hydrogen) atoms. The van der Waals surface area contributed by atoms with E-state index in [1.165, 1.54) is 6.92 Å². The highest BCUT2D eigenvalue weighted by Gasteiger charge is 2.19. The highest BCUT2D eigenvalue weighted by Crippen LogP contribution is 2.12. The molecular formula is C20H19ClN2O5. The van der Waals surface area contributed by atoms with Gasteiger partial charge in [0.05, 0.1) is 6.42 Å². The van der Waals surface area contributed by atoms with Gasteiger partial charge in [-0.2, -0.15) is 0 Å². The van der Waals surface area contributed by atoms with Gasteiger partial charge in [-0.1, -0.05) is 29.8 Å². The van der Waals surface area contributed by atoms with E-state index in [-0.39, 0.29) is 18.6 Å². The summed E-state index contributed by atoms with van der Waals surface area (Å²) < 4.78 is 4.98. The third-order valence-corrected chi connectivity index (χ3v) is 3.99. The number of hydrazine groups is 1. The Balaban J connectivity index is 1.73. The van der Waals surface area contributed by atoms with Crippen LogP contribution in [0.25, 0.3) is 0 Å². The van der Waals surface area contributed by atoms with Gasteiger partial charge in [0.15, 0.2) is 11.9 Å². The molecule has 7 nitrogen and oxygen atoms in total. The van der Waals surface area contributed by atoms with Crippen molar-refractivity contribution in [1.29, 1.82) is 0 Å². The van der Waals surface area contributed by atoms with Gasteiger partial charge in [0.1, 0.15) is 0 Å². The maximum Gasteiger partial charge on any atom is 0.307 e. The molecule has 146 valence electrons. The molecule has 0 saturated heterocycles. The van der Waals surface area contributed by atoms with Gasteiger partial charge >= 0.3 is 5.97 Å². The number of halogens is 1. The molecule has 0 fully saturated rings. The first kappa shape index (κ1) is 21.1. The molecule has 2 aromatic carbocycles. The molecule has 0 aliphatic heterocycles. The fraction of sp³-hybridized carbons (Fsp3) is 0.200. The SMILES string of the molecule is C[C@H](OC(=O)CCC(=O)c1ccc(Cl)cc1)C(=O)NNC(=O)c1ccccc1. The van der Waals surface area contributed by atoms with Crippen LogP contribution in [0, 0.1) is 0 Å². The normalized spacial score (nSPS) is 11.2. The van der Waals surface area contributed by atoms with Crippen molar-refractivity contribution in [2.45, 2.75) is 25.9 Å². The van der Waals surface area contributed by atoms with Gasteiger partial charge < -0.3 is 4.74 Å². The molecule has 0 saturated carbocycles. The number of benzene rings is 2. The third kappa shape index (κ3) is 6.51. The number of Topliss-reactive ketones (excluding diaryl/α,β-unsaturated/α-hetero) is 1. The second-order valence-electron chi connectivity index (χ2n) is 5.87. The highest BCUT2D eigenvalue weighted by molar-refractivity contribution is 6.30. The molecule has 0 aliphatic carbocycles. The predicted octanol–water partition coefficient (Wildman–Crippen LogP) is 2.70. The summed E-state index contributed by atoms with van der Waals surface area (Å²) in [6, 6.07) is 14.6. The van der Waals surface area contributed by atoms with Gasteiger partial charge in [0, 0.05) is 22.6 Å². The van der Waals surface area contributed by atoms with Crippen molar-refractivity contribution >= 4 is 35.2 Å². The predicted molar refractivity (Wildman–Crippen MR) is 103 cm³/mol. The van der Waals surface area contributed by atoms with Crippen molar-refractivity contribution < 1.29 is 23.9 Å². The maximum atomic E-state index is 12.0. The minimum absolute atomic E-state index is 0.0560. The number of hydrogen-bond acceptors (Lipinski definition) is 5. The molecule has 0 unspecified atom stereocenters. The van der Waals surface area contributed by atoms with Crippen LogP contribution >= 0.6 is 11.6 Å². The monoisotopic (exact) mass is 402 g/mol. The number of ketones is 1. The van der Waals surface area contributed by atoms with Crippen LogP contribution in [0.1, 0.15) is 40.5 Å². The van der Waals surface area contributed by atoms with Crippen LogP contribution < -0.4 is 10.9 Å². The maximum absolute atomic E-state index is 12.0. The Morgan fingerprint density at radius 3 is 2.18 bits per heavy atom. The minimum atomic E-state index is -1.13. The fourth-order valence-electron chi connectivity index (χ4n) is 2.19. The highest BCUT2D eigenvalue weighted by atomic mass is 35.5. The van der Waals surface area contributed by atoms with Crippen LogP contribution in [0.15, 0.2) is 54.6 Å². The van der Waals surface area contributed by atoms with E-state index in [2.05, 4.69) is 10.9 Å². The van der Waals surface area contributed by atoms with Gasteiger partial charge in [-0.25, -0.2) is 0 Å². The van der Waals surface area contributed by atoms with Crippen LogP contribution in [0.2, 0.25) is 5.02 Å². The lowest BCUT2D eigenvalue weighted by atomic mass is 10.1. The molecule has 1 atom stereocenters. The third-order valence-electron chi connectivity index (χ3n) is 3.74. The molecule has 0 aromatic heterocycles. The first-order valence-electron chi connectivity index (χ1n) is 8.50. The van der Waals surface area contributed by atoms with Gasteiger partial charge in [-0.15, -0.1) is 0 Å². The zero-order chi connectivity index (χ0) is 20.5. The number of rotatable bonds is 7. The zero-order valence-electron chi connectivity index (χ0n) is 15.1. The zero-order valence-corrected chi connectivity index (χ0v) is 15.9. The Kier molecular flexibility index (Phi) is 7.71. The van der Waals surface area contributed by atoms with Crippen LogP contribution in [0.5, 0.6) is 0 Å². The number of esters is 1. The van der Waals surface area contributed by atoms with E-state index in [9.17, 15) is 19.2 Å². The Morgan fingerprint density at radius 1 is 0.893 bits per heavy atom. The first-order valence-corrected chi connectivity index (χ1v) is 8.88. The Bertz CT molecular complexity index is 853. The molecule has 0 spiro atoms. The molecule has 0 radical (unpaired) electrons. The summed E-state index contributed by atoms with van der Waals surface area (Å²) in [6.45, 7) is 1.36. The number of carbonyl (C=O) groups is 4. The quantitative estimate of drug-likeness (QED) is 0.421. The van der Waals surface area contributed by atoms with Crippen molar-refractivity contribution in [2.75, 3.05) is 0 Å². The minimum Gasteiger partial charge on any atom is -0.452 e. The van der Waals surface area contributed by atoms with E-state index in [4.69, 9.17) is 16.3 Å². The van der Waals surface area contributed by atoms with E-state index in [0.717, 1.165) is 0 Å². The van der Waals surface area contributed by atoms with E-state index in [1.807, 2.05) is 0 Å². The number of hydrogen-bond donors (Lipinski definition) is 2. The molecule has 0 aliphatic rings. The van der Waals surface area contributed by atoms with Crippen LogP contribution in [-0.4, -0.2) is 29.7 Å². The summed E-state index contributed by atoms with van der Waals surface area (Å²) in [7, 11) is 0. The smallest absolute Gasteiger partial charge is 0.307 e. The van der Waals surface area contributed by atoms with E-state index in [1.54, 1.807) is 54.6 Å². The van der Waals surface area contributed by atoms with Gasteiger partial charge in [-0.05, 0) is 43.3 Å². The number of amides is 2. The molecule has 2 N–H and O–H groups in total. The number of ether oxygens (including phenoxy) is 1. The first-order chi connectivity index (χ1) is 13.4. The second kappa shape index (κ2) is 10.2. The molecule has 2 aromatic rings. The van der Waals surface area contributed by atoms with Crippen molar-refractivity contribution in [1.82, 2.24) is 10.9 Å². The number of nitrogens with one attached hydrogen (secondary N) is 2. The van der Waals surface area contributed by atoms with Gasteiger partial charge in [0.25, 0.3) is 11.8 Å². The molecule has 0 heterocycles. The van der Waals surface area contributed by atoms with E-state index >= 15 is 0 Å². The average molecular weight is 403 g/mol. The largest absolute Gasteiger partial charge is 0.452 e. The summed E-state index contributed by atoms with van der Waals surface area (Å²) in [5, 5.41) is 0.509. The molecular weight excluding hydrogens is 384 g/mol. The Labute approximate surface area is 167 Å². The molecule has 2 amide bonds. The standard InChI is InChI=1S/C20H19ClN2O5/c1-13(19(26)22-23-20(27)15-5-3-2-4-6-15)28-18(25)12-11-17(24)14-7-9-16(21)10-8-14/h2-10,13H,11-12H2,1H3,(H,22,26)(H,23,27)/t13-/m0/s1. The van der Waals surface area contributed by atoms with Gasteiger partial charge in [-0.3, -0.25) is 30.0 Å². The molecule has 0 bridgehead atoms. The van der Waals surface area contributed by atoms with Crippen molar-refractivity contribution in [3.63, 3.8) is 0 Å². The molecule has 2 rings (SSSR count). The van der Waals surface area contributed by atoms with Crippen LogP contribution in [0.4, 0.5) is 0 Å². The van der Waals surface area contributed by atoms with Gasteiger partial charge in [0.2, 0.25) is 0 Å². The lowest BCUT2D eigenvalue weighted by Gasteiger charge is -2.14. The van der Waals surface area contributed by atoms with Crippen molar-refractivity contribution in [3.05, 3.63) is 70.7 Å². The van der Waals surface area contributed by atoms with Crippen molar-refractivity contribution in [2.24, 2.45) is 0 Å². The van der Waals surface area contributed by atoms with E-state index < -0.39 is 23.9 Å². The summed E-state index contributed by atoms with van der Waals surface area (Å²) in [4.78, 5) is 47.6. The topological polar surface area (TPSA) is 102 Å². The lowest BCUT2D eigenvalue weighted by molar-refractivity contribution is -0.155. The summed E-state index contributed by atoms with van der Waals surface area (Å²) in [5.74, 6) is -2.12. The number of carbonyl (C=O) groups excluding carboxylic acids is 4. The summed E-state index contributed by atoms with van der Waals surface area (Å²) in [6.07, 6.45) is -1.36. The lowest BCUT2D eigenvalue weighted by Crippen LogP contribution is -2.46. The average Bonchev–Trinajstić information content (AvgIpc) is 2.71. The summed E-state index contributed by atoms with van der Waals surface area (Å²) in [5.41, 5.74) is 5.23. The fourth-order valence-corrected chi connectivity index (χ4v) is 2.31. The second-order valence-corrected chi connectivity index (χ2v) is 6.31. The molecule has 8 heteroatoms. The Morgan fingerprint density at radius 2 is 1.54 bits per heavy atom. The Hall–Kier alpha value is -3.19. The van der Waals surface area contributed by atoms with Crippen LogP contribution in [-0.2, 0) is 14.3 Å².